The molecule has 3 aromatic carbocycles. The summed E-state index contributed by atoms with van der Waals surface area (Å²) < 4.78 is 0. The molecule has 3 aromatic rings. The second kappa shape index (κ2) is 13.4. The monoisotopic (exact) mass is 551 g/mol. The Hall–Kier alpha value is -4.26. The van der Waals surface area contributed by atoms with Gasteiger partial charge < -0.3 is 10.2 Å². The molecule has 7 nitrogen and oxygen atoms in total. The predicted molar refractivity (Wildman–Crippen MR) is 157 cm³/mol. The van der Waals surface area contributed by atoms with E-state index in [0.717, 1.165) is 36.8 Å². The van der Waals surface area contributed by atoms with E-state index < -0.39 is 6.04 Å². The Morgan fingerprint density at radius 2 is 1.34 bits per heavy atom. The van der Waals surface area contributed by atoms with Crippen LogP contribution < -0.4 is 5.32 Å². The number of hydrogen-bond donors (Lipinski definition) is 1. The van der Waals surface area contributed by atoms with Crippen molar-refractivity contribution < 1.29 is 19.2 Å². The Bertz CT molecular complexity index is 1330. The number of amides is 4. The molecule has 2 aliphatic rings. The third-order valence-electron chi connectivity index (χ3n) is 8.07. The van der Waals surface area contributed by atoms with Crippen LogP contribution in [0.4, 0.5) is 0 Å². The van der Waals surface area contributed by atoms with Crippen LogP contribution in [0.15, 0.2) is 84.9 Å². The molecule has 1 N–H and O–H groups in total. The lowest BCUT2D eigenvalue weighted by Gasteiger charge is -2.33. The van der Waals surface area contributed by atoms with E-state index in [2.05, 4.69) is 5.32 Å². The van der Waals surface area contributed by atoms with Crippen LogP contribution in [0.5, 0.6) is 0 Å². The molecule has 0 bridgehead atoms. The maximum absolute atomic E-state index is 13.9. The van der Waals surface area contributed by atoms with Gasteiger partial charge in [0.1, 0.15) is 6.04 Å². The van der Waals surface area contributed by atoms with Crippen molar-refractivity contribution in [1.29, 1.82) is 0 Å². The van der Waals surface area contributed by atoms with Gasteiger partial charge in [0.05, 0.1) is 11.1 Å². The molecule has 1 aliphatic carbocycles. The van der Waals surface area contributed by atoms with Crippen LogP contribution in [0.1, 0.15) is 76.8 Å². The van der Waals surface area contributed by atoms with Gasteiger partial charge in [0.25, 0.3) is 11.8 Å². The minimum atomic E-state index is -0.689. The van der Waals surface area contributed by atoms with Gasteiger partial charge in [-0.15, -0.1) is 0 Å². The van der Waals surface area contributed by atoms with Crippen LogP contribution in [0, 0.1) is 0 Å². The molecule has 1 atom stereocenters. The van der Waals surface area contributed by atoms with E-state index in [1.165, 1.54) is 11.3 Å². The summed E-state index contributed by atoms with van der Waals surface area (Å²) in [5.41, 5.74) is 2.71. The SMILES string of the molecule is O=C(NC1CCCCC1)[C@@H](Cc1ccccc1)N(Cc1ccccc1)C(=O)CCCN1C(=O)c2ccccc2C1=O. The Kier molecular flexibility index (Phi) is 9.24. The minimum Gasteiger partial charge on any atom is -0.352 e. The minimum absolute atomic E-state index is 0.113. The van der Waals surface area contributed by atoms with Crippen LogP contribution in [0.25, 0.3) is 0 Å². The second-order valence-electron chi connectivity index (χ2n) is 11.0. The largest absolute Gasteiger partial charge is 0.352 e. The summed E-state index contributed by atoms with van der Waals surface area (Å²) in [6.07, 6.45) is 6.12. The van der Waals surface area contributed by atoms with Gasteiger partial charge in [-0.3, -0.25) is 24.1 Å². The van der Waals surface area contributed by atoms with E-state index in [0.29, 0.717) is 30.5 Å². The zero-order valence-electron chi connectivity index (χ0n) is 23.3. The van der Waals surface area contributed by atoms with Crippen molar-refractivity contribution in [1.82, 2.24) is 15.1 Å². The zero-order valence-corrected chi connectivity index (χ0v) is 23.3. The van der Waals surface area contributed by atoms with E-state index in [4.69, 9.17) is 0 Å². The van der Waals surface area contributed by atoms with Gasteiger partial charge >= 0.3 is 0 Å². The van der Waals surface area contributed by atoms with Crippen molar-refractivity contribution in [3.63, 3.8) is 0 Å². The molecule has 212 valence electrons. The first-order valence-corrected chi connectivity index (χ1v) is 14.6. The van der Waals surface area contributed by atoms with Gasteiger partial charge in [-0.2, -0.15) is 0 Å². The third kappa shape index (κ3) is 6.91. The number of benzene rings is 3. The normalized spacial score (nSPS) is 15.9. The quantitative estimate of drug-likeness (QED) is 0.334. The van der Waals surface area contributed by atoms with Crippen molar-refractivity contribution >= 4 is 23.6 Å². The average molecular weight is 552 g/mol. The van der Waals surface area contributed by atoms with Gasteiger partial charge in [-0.25, -0.2) is 0 Å². The molecule has 41 heavy (non-hydrogen) atoms. The van der Waals surface area contributed by atoms with E-state index in [9.17, 15) is 19.2 Å². The molecule has 0 saturated heterocycles. The summed E-state index contributed by atoms with van der Waals surface area (Å²) >= 11 is 0. The summed E-state index contributed by atoms with van der Waals surface area (Å²) in [7, 11) is 0. The lowest BCUT2D eigenvalue weighted by molar-refractivity contribution is -0.141. The molecule has 0 aromatic heterocycles. The summed E-state index contributed by atoms with van der Waals surface area (Å²) in [6, 6.07) is 25.7. The molecule has 1 heterocycles. The second-order valence-corrected chi connectivity index (χ2v) is 11.0. The molecular formula is C34H37N3O4. The molecule has 1 fully saturated rings. The highest BCUT2D eigenvalue weighted by atomic mass is 16.2. The van der Waals surface area contributed by atoms with E-state index >= 15 is 0 Å². The molecule has 0 unspecified atom stereocenters. The van der Waals surface area contributed by atoms with Crippen LogP contribution in [0.2, 0.25) is 0 Å². The Morgan fingerprint density at radius 3 is 1.95 bits per heavy atom. The number of hydrogen-bond acceptors (Lipinski definition) is 4. The summed E-state index contributed by atoms with van der Waals surface area (Å²) in [5, 5.41) is 3.25. The van der Waals surface area contributed by atoms with Gasteiger partial charge in [0.2, 0.25) is 11.8 Å². The van der Waals surface area contributed by atoms with E-state index in [1.54, 1.807) is 29.2 Å². The average Bonchev–Trinajstić information content (AvgIpc) is 3.25. The van der Waals surface area contributed by atoms with Gasteiger partial charge in [-0.1, -0.05) is 92.1 Å². The summed E-state index contributed by atoms with van der Waals surface area (Å²) in [5.74, 6) is -0.962. The third-order valence-corrected chi connectivity index (χ3v) is 8.07. The van der Waals surface area contributed by atoms with Crippen molar-refractivity contribution in [3.8, 4) is 0 Å². The van der Waals surface area contributed by atoms with Crippen LogP contribution in [-0.4, -0.2) is 52.1 Å². The van der Waals surface area contributed by atoms with Crippen molar-refractivity contribution in [3.05, 3.63) is 107 Å². The fraction of sp³-hybridized carbons (Fsp3) is 0.353. The lowest BCUT2D eigenvalue weighted by atomic mass is 9.94. The van der Waals surface area contributed by atoms with Crippen LogP contribution in [-0.2, 0) is 22.6 Å². The smallest absolute Gasteiger partial charge is 0.261 e. The topological polar surface area (TPSA) is 86.8 Å². The predicted octanol–water partition coefficient (Wildman–Crippen LogP) is 5.15. The molecule has 7 heteroatoms. The summed E-state index contributed by atoms with van der Waals surface area (Å²) in [6.45, 7) is 0.442. The number of nitrogens with one attached hydrogen (secondary N) is 1. The van der Waals surface area contributed by atoms with E-state index in [1.807, 2.05) is 60.7 Å². The Morgan fingerprint density at radius 1 is 0.780 bits per heavy atom. The molecule has 5 rings (SSSR count). The van der Waals surface area contributed by atoms with Crippen molar-refractivity contribution in [2.75, 3.05) is 6.54 Å². The molecule has 1 aliphatic heterocycles. The highest BCUT2D eigenvalue weighted by molar-refractivity contribution is 6.21. The molecule has 0 radical (unpaired) electrons. The number of rotatable bonds is 11. The number of carbonyl (C=O) groups excluding carboxylic acids is 4. The Balaban J connectivity index is 1.34. The van der Waals surface area contributed by atoms with E-state index in [-0.39, 0.29) is 42.6 Å². The highest BCUT2D eigenvalue weighted by Gasteiger charge is 2.35. The van der Waals surface area contributed by atoms with Gasteiger partial charge in [-0.05, 0) is 42.5 Å². The standard InChI is InChI=1S/C34H37N3O4/c38-31(21-12-22-36-33(40)28-19-10-11-20-29(28)34(36)41)37(24-26-15-6-2-7-16-26)30(23-25-13-4-1-5-14-25)32(39)35-27-17-8-3-9-18-27/h1-2,4-7,10-11,13-16,19-20,27,30H,3,8-9,12,17-18,21-24H2,(H,35,39)/t30-/m1/s1. The number of nitrogens with zero attached hydrogens (tertiary/aromatic N) is 2. The maximum atomic E-state index is 13.9. The first kappa shape index (κ1) is 28.3. The first-order valence-electron chi connectivity index (χ1n) is 14.6. The zero-order chi connectivity index (χ0) is 28.6. The van der Waals surface area contributed by atoms with Gasteiger partial charge in [0, 0.05) is 32.0 Å². The maximum Gasteiger partial charge on any atom is 0.261 e. The number of fused-ring (bicyclic) bond motifs is 1. The molecular weight excluding hydrogens is 514 g/mol. The summed E-state index contributed by atoms with van der Waals surface area (Å²) in [4.78, 5) is 56.2. The molecule has 4 amide bonds. The number of carbonyl (C=O) groups is 4. The molecule has 0 spiro atoms. The fourth-order valence-electron chi connectivity index (χ4n) is 5.85. The number of imide groups is 1. The van der Waals surface area contributed by atoms with Crippen LogP contribution in [0.3, 0.4) is 0 Å². The van der Waals surface area contributed by atoms with Crippen LogP contribution >= 0.6 is 0 Å². The Labute approximate surface area is 241 Å². The fourth-order valence-corrected chi connectivity index (χ4v) is 5.85. The first-order chi connectivity index (χ1) is 20.0. The van der Waals surface area contributed by atoms with Crippen molar-refractivity contribution in [2.24, 2.45) is 0 Å². The van der Waals surface area contributed by atoms with Crippen molar-refractivity contribution in [2.45, 2.75) is 70.0 Å². The van der Waals surface area contributed by atoms with Gasteiger partial charge in [0.15, 0.2) is 0 Å². The lowest BCUT2D eigenvalue weighted by Crippen LogP contribution is -2.52. The highest BCUT2D eigenvalue weighted by Crippen LogP contribution is 2.24. The molecule has 1 saturated carbocycles.